The summed E-state index contributed by atoms with van der Waals surface area (Å²) >= 11 is 0. The SMILES string of the molecule is O=S(=O)(Nc1ccccc1)c1ncn2nccc2n1. The molecule has 96 valence electrons. The van der Waals surface area contributed by atoms with Crippen LogP contribution in [0.5, 0.6) is 0 Å². The number of nitrogens with zero attached hydrogens (tertiary/aromatic N) is 4. The maximum Gasteiger partial charge on any atom is 0.297 e. The van der Waals surface area contributed by atoms with Crippen molar-refractivity contribution in [3.63, 3.8) is 0 Å². The van der Waals surface area contributed by atoms with Gasteiger partial charge in [0.25, 0.3) is 15.2 Å². The molecule has 2 heterocycles. The summed E-state index contributed by atoms with van der Waals surface area (Å²) in [6.07, 6.45) is 2.83. The van der Waals surface area contributed by atoms with Crippen LogP contribution in [0.25, 0.3) is 5.65 Å². The summed E-state index contributed by atoms with van der Waals surface area (Å²) in [5.41, 5.74) is 0.878. The molecule has 0 bridgehead atoms. The Bertz CT molecular complexity index is 813. The second-order valence-corrected chi connectivity index (χ2v) is 5.32. The van der Waals surface area contributed by atoms with Crippen LogP contribution in [0.1, 0.15) is 0 Å². The van der Waals surface area contributed by atoms with Gasteiger partial charge in [-0.05, 0) is 12.1 Å². The molecule has 0 fully saturated rings. The molecule has 19 heavy (non-hydrogen) atoms. The predicted octanol–water partition coefficient (Wildman–Crippen LogP) is 0.925. The average Bonchev–Trinajstić information content (AvgIpc) is 2.86. The fourth-order valence-electron chi connectivity index (χ4n) is 1.55. The fraction of sp³-hybridized carbons (Fsp3) is 0. The lowest BCUT2D eigenvalue weighted by Crippen LogP contribution is -2.16. The van der Waals surface area contributed by atoms with Gasteiger partial charge in [-0.25, -0.2) is 9.50 Å². The summed E-state index contributed by atoms with van der Waals surface area (Å²) < 4.78 is 28.0. The van der Waals surface area contributed by atoms with Crippen LogP contribution in [0.4, 0.5) is 5.69 Å². The normalized spacial score (nSPS) is 11.6. The standard InChI is InChI=1S/C11H9N5O2S/c17-19(18,15-9-4-2-1-3-5-9)11-12-8-16-10(14-11)6-7-13-16/h1-8,15H. The molecule has 0 atom stereocenters. The third-order valence-corrected chi connectivity index (χ3v) is 3.59. The van der Waals surface area contributed by atoms with E-state index in [2.05, 4.69) is 19.8 Å². The van der Waals surface area contributed by atoms with E-state index in [4.69, 9.17) is 0 Å². The molecule has 0 unspecified atom stereocenters. The molecular formula is C11H9N5O2S. The molecule has 7 nitrogen and oxygen atoms in total. The lowest BCUT2D eigenvalue weighted by Gasteiger charge is -2.06. The Labute approximate surface area is 109 Å². The molecule has 8 heteroatoms. The summed E-state index contributed by atoms with van der Waals surface area (Å²) in [5.74, 6) is 0. The van der Waals surface area contributed by atoms with Gasteiger partial charge in [0.15, 0.2) is 5.65 Å². The minimum Gasteiger partial charge on any atom is -0.277 e. The van der Waals surface area contributed by atoms with Crippen molar-refractivity contribution in [1.29, 1.82) is 0 Å². The fourth-order valence-corrected chi connectivity index (χ4v) is 2.49. The van der Waals surface area contributed by atoms with E-state index in [1.807, 2.05) is 0 Å². The smallest absolute Gasteiger partial charge is 0.277 e. The second kappa shape index (κ2) is 4.32. The highest BCUT2D eigenvalue weighted by atomic mass is 32.2. The number of para-hydroxylation sites is 1. The molecule has 0 aliphatic heterocycles. The first-order chi connectivity index (χ1) is 9.15. The summed E-state index contributed by atoms with van der Waals surface area (Å²) in [6, 6.07) is 10.2. The van der Waals surface area contributed by atoms with Crippen molar-refractivity contribution in [2.75, 3.05) is 4.72 Å². The topological polar surface area (TPSA) is 89.2 Å². The monoisotopic (exact) mass is 275 g/mol. The van der Waals surface area contributed by atoms with Crippen LogP contribution >= 0.6 is 0 Å². The van der Waals surface area contributed by atoms with Gasteiger partial charge in [-0.1, -0.05) is 18.2 Å². The van der Waals surface area contributed by atoms with E-state index >= 15 is 0 Å². The van der Waals surface area contributed by atoms with Gasteiger partial charge >= 0.3 is 0 Å². The number of sulfonamides is 1. The van der Waals surface area contributed by atoms with Crippen molar-refractivity contribution in [3.05, 3.63) is 48.9 Å². The highest BCUT2D eigenvalue weighted by Gasteiger charge is 2.18. The van der Waals surface area contributed by atoms with Crippen LogP contribution in [0.2, 0.25) is 0 Å². The zero-order valence-electron chi connectivity index (χ0n) is 9.63. The van der Waals surface area contributed by atoms with E-state index in [-0.39, 0.29) is 5.16 Å². The molecule has 2 aromatic heterocycles. The summed E-state index contributed by atoms with van der Waals surface area (Å²) in [7, 11) is -3.80. The van der Waals surface area contributed by atoms with E-state index in [9.17, 15) is 8.42 Å². The van der Waals surface area contributed by atoms with E-state index in [0.29, 0.717) is 11.3 Å². The third kappa shape index (κ3) is 2.25. The van der Waals surface area contributed by atoms with Crippen LogP contribution in [0.3, 0.4) is 0 Å². The zero-order chi connectivity index (χ0) is 13.3. The lowest BCUT2D eigenvalue weighted by atomic mass is 10.3. The van der Waals surface area contributed by atoms with Gasteiger partial charge in [0.05, 0.1) is 6.20 Å². The number of rotatable bonds is 3. The third-order valence-electron chi connectivity index (χ3n) is 2.40. The lowest BCUT2D eigenvalue weighted by molar-refractivity contribution is 0.591. The molecule has 3 rings (SSSR count). The molecular weight excluding hydrogens is 266 g/mol. The molecule has 1 N–H and O–H groups in total. The first kappa shape index (κ1) is 11.6. The quantitative estimate of drug-likeness (QED) is 0.768. The zero-order valence-corrected chi connectivity index (χ0v) is 10.4. The Hall–Kier alpha value is -2.48. The molecule has 0 aliphatic rings. The number of aromatic nitrogens is 4. The number of benzene rings is 1. The Balaban J connectivity index is 1.99. The number of hydrogen-bond acceptors (Lipinski definition) is 5. The van der Waals surface area contributed by atoms with Crippen LogP contribution in [-0.2, 0) is 10.0 Å². The first-order valence-corrected chi connectivity index (χ1v) is 6.88. The van der Waals surface area contributed by atoms with Crippen molar-refractivity contribution in [1.82, 2.24) is 19.6 Å². The summed E-state index contributed by atoms with van der Waals surface area (Å²) in [6.45, 7) is 0. The van der Waals surface area contributed by atoms with Gasteiger partial charge in [-0.3, -0.25) is 4.72 Å². The minimum absolute atomic E-state index is 0.288. The van der Waals surface area contributed by atoms with Crippen LogP contribution in [-0.4, -0.2) is 28.0 Å². The molecule has 0 aliphatic carbocycles. The van der Waals surface area contributed by atoms with Gasteiger partial charge in [0, 0.05) is 11.8 Å². The Kier molecular flexibility index (Phi) is 2.64. The van der Waals surface area contributed by atoms with E-state index in [0.717, 1.165) is 0 Å². The Morgan fingerprint density at radius 2 is 1.89 bits per heavy atom. The summed E-state index contributed by atoms with van der Waals surface area (Å²) in [5, 5.41) is 3.61. The minimum atomic E-state index is -3.80. The number of hydrogen-bond donors (Lipinski definition) is 1. The van der Waals surface area contributed by atoms with Crippen molar-refractivity contribution < 1.29 is 8.42 Å². The maximum absolute atomic E-state index is 12.1. The number of anilines is 1. The van der Waals surface area contributed by atoms with Gasteiger partial charge in [0.1, 0.15) is 6.33 Å². The Morgan fingerprint density at radius 1 is 1.11 bits per heavy atom. The van der Waals surface area contributed by atoms with Crippen molar-refractivity contribution in [2.45, 2.75) is 5.16 Å². The van der Waals surface area contributed by atoms with Crippen molar-refractivity contribution in [3.8, 4) is 0 Å². The second-order valence-electron chi connectivity index (χ2n) is 3.74. The predicted molar refractivity (Wildman–Crippen MR) is 68.0 cm³/mol. The van der Waals surface area contributed by atoms with Gasteiger partial charge in [0.2, 0.25) is 0 Å². The van der Waals surface area contributed by atoms with E-state index in [1.54, 1.807) is 36.4 Å². The van der Waals surface area contributed by atoms with Gasteiger partial charge in [-0.2, -0.15) is 18.5 Å². The molecule has 0 spiro atoms. The molecule has 3 aromatic rings. The van der Waals surface area contributed by atoms with Crippen LogP contribution in [0.15, 0.2) is 54.1 Å². The van der Waals surface area contributed by atoms with Crippen molar-refractivity contribution >= 4 is 21.4 Å². The highest BCUT2D eigenvalue weighted by molar-refractivity contribution is 7.92. The molecule has 0 amide bonds. The average molecular weight is 275 g/mol. The molecule has 0 radical (unpaired) electrons. The molecule has 0 saturated heterocycles. The van der Waals surface area contributed by atoms with Gasteiger partial charge < -0.3 is 0 Å². The van der Waals surface area contributed by atoms with Gasteiger partial charge in [-0.15, -0.1) is 0 Å². The van der Waals surface area contributed by atoms with Crippen LogP contribution < -0.4 is 4.72 Å². The highest BCUT2D eigenvalue weighted by Crippen LogP contribution is 2.12. The maximum atomic E-state index is 12.1. The first-order valence-electron chi connectivity index (χ1n) is 5.39. The number of nitrogens with one attached hydrogen (secondary N) is 1. The van der Waals surface area contributed by atoms with E-state index in [1.165, 1.54) is 17.0 Å². The molecule has 0 saturated carbocycles. The van der Waals surface area contributed by atoms with Crippen molar-refractivity contribution in [2.24, 2.45) is 0 Å². The number of fused-ring (bicyclic) bond motifs is 1. The molecule has 1 aromatic carbocycles. The largest absolute Gasteiger partial charge is 0.297 e. The van der Waals surface area contributed by atoms with E-state index < -0.39 is 10.0 Å². The Morgan fingerprint density at radius 3 is 2.68 bits per heavy atom. The van der Waals surface area contributed by atoms with Crippen LogP contribution in [0, 0.1) is 0 Å². The summed E-state index contributed by atoms with van der Waals surface area (Å²) in [4.78, 5) is 7.73.